The minimum Gasteiger partial charge on any atom is -0.443 e. The number of carbonyl (C=O) groups is 3. The van der Waals surface area contributed by atoms with Gasteiger partial charge in [-0.1, -0.05) is 0 Å². The van der Waals surface area contributed by atoms with Gasteiger partial charge in [0.2, 0.25) is 0 Å². The number of ether oxygens (including phenoxy) is 3. The molecule has 9 heteroatoms. The molecule has 1 saturated heterocycles. The zero-order valence-electron chi connectivity index (χ0n) is 16.2. The molecular weight excluding hydrogens is 366 g/mol. The van der Waals surface area contributed by atoms with Gasteiger partial charge < -0.3 is 19.5 Å². The average Bonchev–Trinajstić information content (AvgIpc) is 2.94. The first-order chi connectivity index (χ1) is 13.0. The molecule has 0 radical (unpaired) electrons. The highest BCUT2D eigenvalue weighted by atomic mass is 16.7. The topological polar surface area (TPSA) is 109 Å². The SMILES string of the molecule is CC(C)(C)OC(=O)n1cnc2cc(NC=C3C(=O)OC(C)(C)OC3=O)ccc21. The molecule has 1 fully saturated rings. The maximum absolute atomic E-state index is 12.3. The van der Waals surface area contributed by atoms with E-state index in [2.05, 4.69) is 10.3 Å². The highest BCUT2D eigenvalue weighted by Crippen LogP contribution is 2.24. The van der Waals surface area contributed by atoms with Crippen molar-refractivity contribution < 1.29 is 28.6 Å². The summed E-state index contributed by atoms with van der Waals surface area (Å²) in [5.74, 6) is -2.84. The number of nitrogens with one attached hydrogen (secondary N) is 1. The van der Waals surface area contributed by atoms with E-state index in [0.717, 1.165) is 0 Å². The smallest absolute Gasteiger partial charge is 0.420 e. The molecule has 1 aromatic heterocycles. The summed E-state index contributed by atoms with van der Waals surface area (Å²) in [4.78, 5) is 40.3. The summed E-state index contributed by atoms with van der Waals surface area (Å²) < 4.78 is 16.7. The molecular formula is C19H21N3O6. The third-order valence-electron chi connectivity index (χ3n) is 3.64. The van der Waals surface area contributed by atoms with Crippen LogP contribution < -0.4 is 5.32 Å². The minimum absolute atomic E-state index is 0.251. The Bertz CT molecular complexity index is 975. The minimum atomic E-state index is -1.29. The van der Waals surface area contributed by atoms with Gasteiger partial charge in [0.25, 0.3) is 5.79 Å². The molecule has 0 amide bonds. The number of aromatic nitrogens is 2. The van der Waals surface area contributed by atoms with E-state index in [9.17, 15) is 14.4 Å². The number of hydrogen-bond acceptors (Lipinski definition) is 8. The number of fused-ring (bicyclic) bond motifs is 1. The summed E-state index contributed by atoms with van der Waals surface area (Å²) in [6.07, 6.45) is 2.05. The Morgan fingerprint density at radius 3 is 2.46 bits per heavy atom. The molecule has 148 valence electrons. The van der Waals surface area contributed by atoms with Crippen molar-refractivity contribution in [3.63, 3.8) is 0 Å². The van der Waals surface area contributed by atoms with E-state index >= 15 is 0 Å². The lowest BCUT2D eigenvalue weighted by atomic mass is 10.2. The van der Waals surface area contributed by atoms with Gasteiger partial charge in [0, 0.05) is 25.7 Å². The number of rotatable bonds is 2. The standard InChI is InChI=1S/C19H21N3O6/c1-18(2,3)28-17(25)22-10-21-13-8-11(6-7-14(13)22)20-9-12-15(23)26-19(4,5)27-16(12)24/h6-10,20H,1-5H3. The van der Waals surface area contributed by atoms with Crippen LogP contribution in [0.4, 0.5) is 10.5 Å². The Balaban J connectivity index is 1.80. The molecule has 3 rings (SSSR count). The Morgan fingerprint density at radius 1 is 1.21 bits per heavy atom. The molecule has 0 unspecified atom stereocenters. The molecule has 0 aliphatic carbocycles. The van der Waals surface area contributed by atoms with Gasteiger partial charge in [0.05, 0.1) is 11.0 Å². The van der Waals surface area contributed by atoms with Crippen LogP contribution in [0.25, 0.3) is 11.0 Å². The predicted molar refractivity (Wildman–Crippen MR) is 99.3 cm³/mol. The van der Waals surface area contributed by atoms with Gasteiger partial charge in [-0.3, -0.25) is 0 Å². The van der Waals surface area contributed by atoms with Gasteiger partial charge >= 0.3 is 18.0 Å². The van der Waals surface area contributed by atoms with Crippen molar-refractivity contribution in [3.8, 4) is 0 Å². The van der Waals surface area contributed by atoms with Gasteiger partial charge in [-0.05, 0) is 39.0 Å². The number of imidazole rings is 1. The van der Waals surface area contributed by atoms with Crippen molar-refractivity contribution in [2.75, 3.05) is 5.32 Å². The van der Waals surface area contributed by atoms with Crippen molar-refractivity contribution in [2.45, 2.75) is 46.0 Å². The molecule has 2 heterocycles. The first kappa shape index (κ1) is 19.4. The van der Waals surface area contributed by atoms with E-state index in [1.54, 1.807) is 39.0 Å². The number of cyclic esters (lactones) is 2. The Kier molecular flexibility index (Phi) is 4.62. The number of hydrogen-bond donors (Lipinski definition) is 1. The van der Waals surface area contributed by atoms with Crippen LogP contribution in [0.3, 0.4) is 0 Å². The lowest BCUT2D eigenvalue weighted by Crippen LogP contribution is -2.42. The van der Waals surface area contributed by atoms with E-state index in [0.29, 0.717) is 16.7 Å². The lowest BCUT2D eigenvalue weighted by molar-refractivity contribution is -0.222. The summed E-state index contributed by atoms with van der Waals surface area (Å²) in [6.45, 7) is 8.29. The summed E-state index contributed by atoms with van der Waals surface area (Å²) in [5.41, 5.74) is 0.771. The quantitative estimate of drug-likeness (QED) is 0.476. The molecule has 0 spiro atoms. The van der Waals surface area contributed by atoms with Crippen molar-refractivity contribution in [2.24, 2.45) is 0 Å². The fourth-order valence-corrected chi connectivity index (χ4v) is 2.49. The fraction of sp³-hybridized carbons (Fsp3) is 0.368. The van der Waals surface area contributed by atoms with Crippen LogP contribution in [-0.4, -0.2) is 39.0 Å². The molecule has 9 nitrogen and oxygen atoms in total. The molecule has 2 aromatic rings. The molecule has 0 bridgehead atoms. The molecule has 1 aliphatic heterocycles. The highest BCUT2D eigenvalue weighted by Gasteiger charge is 2.38. The summed E-state index contributed by atoms with van der Waals surface area (Å²) >= 11 is 0. The monoisotopic (exact) mass is 387 g/mol. The number of nitrogens with zero attached hydrogens (tertiary/aromatic N) is 2. The second kappa shape index (κ2) is 6.66. The van der Waals surface area contributed by atoms with E-state index in [1.807, 2.05) is 0 Å². The van der Waals surface area contributed by atoms with Crippen LogP contribution in [0.5, 0.6) is 0 Å². The maximum Gasteiger partial charge on any atom is 0.420 e. The summed E-state index contributed by atoms with van der Waals surface area (Å²) in [5, 5.41) is 2.84. The Morgan fingerprint density at radius 2 is 1.86 bits per heavy atom. The van der Waals surface area contributed by atoms with Crippen molar-refractivity contribution >= 4 is 34.8 Å². The van der Waals surface area contributed by atoms with Gasteiger partial charge in [0.15, 0.2) is 5.57 Å². The maximum atomic E-state index is 12.3. The van der Waals surface area contributed by atoms with E-state index in [4.69, 9.17) is 14.2 Å². The van der Waals surface area contributed by atoms with Gasteiger partial charge in [0.1, 0.15) is 11.9 Å². The van der Waals surface area contributed by atoms with Crippen LogP contribution >= 0.6 is 0 Å². The summed E-state index contributed by atoms with van der Waals surface area (Å²) in [6, 6.07) is 5.01. The largest absolute Gasteiger partial charge is 0.443 e. The molecule has 1 N–H and O–H groups in total. The zero-order chi connectivity index (χ0) is 20.7. The first-order valence-electron chi connectivity index (χ1n) is 8.59. The van der Waals surface area contributed by atoms with Crippen LogP contribution in [-0.2, 0) is 23.8 Å². The zero-order valence-corrected chi connectivity index (χ0v) is 16.2. The molecule has 0 atom stereocenters. The number of benzene rings is 1. The third kappa shape index (κ3) is 4.13. The molecule has 0 saturated carbocycles. The van der Waals surface area contributed by atoms with Crippen LogP contribution in [0.2, 0.25) is 0 Å². The van der Waals surface area contributed by atoms with Crippen molar-refractivity contribution in [3.05, 3.63) is 36.3 Å². The average molecular weight is 387 g/mol. The summed E-state index contributed by atoms with van der Waals surface area (Å²) in [7, 11) is 0. The molecule has 1 aromatic carbocycles. The number of anilines is 1. The Hall–Kier alpha value is -3.36. The second-order valence-corrected chi connectivity index (χ2v) is 7.68. The van der Waals surface area contributed by atoms with Crippen LogP contribution in [0.1, 0.15) is 34.6 Å². The van der Waals surface area contributed by atoms with Crippen LogP contribution in [0.15, 0.2) is 36.3 Å². The normalized spacial score (nSPS) is 16.4. The Labute approximate surface area is 161 Å². The lowest BCUT2D eigenvalue weighted by Gasteiger charge is -2.29. The third-order valence-corrected chi connectivity index (χ3v) is 3.64. The van der Waals surface area contributed by atoms with E-state index in [-0.39, 0.29) is 5.57 Å². The van der Waals surface area contributed by atoms with Gasteiger partial charge in [-0.25, -0.2) is 23.9 Å². The van der Waals surface area contributed by atoms with E-state index < -0.39 is 29.4 Å². The predicted octanol–water partition coefficient (Wildman–Crippen LogP) is 2.95. The van der Waals surface area contributed by atoms with Gasteiger partial charge in [-0.15, -0.1) is 0 Å². The highest BCUT2D eigenvalue weighted by molar-refractivity contribution is 6.15. The molecule has 1 aliphatic rings. The first-order valence-corrected chi connectivity index (χ1v) is 8.59. The number of esters is 2. The number of carbonyl (C=O) groups excluding carboxylic acids is 3. The second-order valence-electron chi connectivity index (χ2n) is 7.68. The van der Waals surface area contributed by atoms with E-state index in [1.165, 1.54) is 30.9 Å². The van der Waals surface area contributed by atoms with Gasteiger partial charge in [-0.2, -0.15) is 0 Å². The fourth-order valence-electron chi connectivity index (χ4n) is 2.49. The van der Waals surface area contributed by atoms with Crippen molar-refractivity contribution in [1.82, 2.24) is 9.55 Å². The van der Waals surface area contributed by atoms with Crippen molar-refractivity contribution in [1.29, 1.82) is 0 Å². The van der Waals surface area contributed by atoms with Crippen LogP contribution in [0, 0.1) is 0 Å². The molecule has 28 heavy (non-hydrogen) atoms.